The zero-order chi connectivity index (χ0) is 26.9. The Morgan fingerprint density at radius 3 is 2.43 bits per heavy atom. The summed E-state index contributed by atoms with van der Waals surface area (Å²) in [6.45, 7) is 1.70. The maximum atomic E-state index is 12.0. The van der Waals surface area contributed by atoms with Crippen molar-refractivity contribution >= 4 is 51.0 Å². The third kappa shape index (κ3) is 7.62. The van der Waals surface area contributed by atoms with Crippen LogP contribution in [0.5, 0.6) is 23.0 Å². The first-order valence-electron chi connectivity index (χ1n) is 10.4. The highest BCUT2D eigenvalue weighted by atomic mass is 79.9. The standard InChI is InChI=1S/C23H18BrClN4O8/c1-2-35-21-10-14(12-26-27-22(30)13-36-17-6-3-15(25)4-7-17)9-18(24)23(21)37-20-8-5-16(28(31)32)11-19(20)29(33)34/h3-12H,2,13H2,1H3,(H,27,30)/b26-12-. The van der Waals surface area contributed by atoms with Gasteiger partial charge in [-0.1, -0.05) is 11.6 Å². The molecular formula is C23H18BrClN4O8. The number of rotatable bonds is 11. The molecule has 14 heteroatoms. The van der Waals surface area contributed by atoms with Crippen molar-refractivity contribution in [2.24, 2.45) is 5.10 Å². The quantitative estimate of drug-likeness (QED) is 0.170. The Kier molecular flexibility index (Phi) is 9.35. The molecule has 192 valence electrons. The Morgan fingerprint density at radius 1 is 1.05 bits per heavy atom. The summed E-state index contributed by atoms with van der Waals surface area (Å²) in [6, 6.07) is 12.7. The maximum absolute atomic E-state index is 12.0. The van der Waals surface area contributed by atoms with Gasteiger partial charge in [-0.25, -0.2) is 5.43 Å². The summed E-state index contributed by atoms with van der Waals surface area (Å²) in [5.74, 6) is 0.0738. The molecule has 1 amide bonds. The molecule has 0 saturated carbocycles. The Bertz CT molecular complexity index is 1350. The van der Waals surface area contributed by atoms with Crippen molar-refractivity contribution in [2.45, 2.75) is 6.92 Å². The Hall–Kier alpha value is -4.23. The summed E-state index contributed by atoms with van der Waals surface area (Å²) in [5, 5.41) is 26.9. The van der Waals surface area contributed by atoms with Crippen LogP contribution in [0.4, 0.5) is 11.4 Å². The molecule has 0 aliphatic heterocycles. The molecule has 0 atom stereocenters. The van der Waals surface area contributed by atoms with E-state index in [1.54, 1.807) is 43.3 Å². The third-order valence-corrected chi connectivity index (χ3v) is 5.32. The van der Waals surface area contributed by atoms with Crippen molar-refractivity contribution in [3.05, 3.63) is 89.9 Å². The van der Waals surface area contributed by atoms with Crippen LogP contribution in [0, 0.1) is 20.2 Å². The molecule has 37 heavy (non-hydrogen) atoms. The molecule has 0 bridgehead atoms. The lowest BCUT2D eigenvalue weighted by Crippen LogP contribution is -2.24. The fraction of sp³-hybridized carbons (Fsp3) is 0.130. The van der Waals surface area contributed by atoms with Crippen LogP contribution in [-0.2, 0) is 4.79 Å². The largest absolute Gasteiger partial charge is 0.490 e. The molecule has 0 heterocycles. The fourth-order valence-corrected chi connectivity index (χ4v) is 3.54. The van der Waals surface area contributed by atoms with Crippen molar-refractivity contribution in [3.63, 3.8) is 0 Å². The first kappa shape index (κ1) is 27.4. The van der Waals surface area contributed by atoms with E-state index in [2.05, 4.69) is 26.5 Å². The van der Waals surface area contributed by atoms with Crippen molar-refractivity contribution in [2.75, 3.05) is 13.2 Å². The number of nitro benzene ring substituents is 2. The van der Waals surface area contributed by atoms with Crippen LogP contribution in [0.1, 0.15) is 12.5 Å². The van der Waals surface area contributed by atoms with Crippen LogP contribution in [0.25, 0.3) is 0 Å². The van der Waals surface area contributed by atoms with Gasteiger partial charge in [-0.2, -0.15) is 5.10 Å². The molecule has 0 fully saturated rings. The molecule has 3 aromatic rings. The second-order valence-corrected chi connectivity index (χ2v) is 8.36. The minimum Gasteiger partial charge on any atom is -0.490 e. The number of hydrogen-bond donors (Lipinski definition) is 1. The van der Waals surface area contributed by atoms with Gasteiger partial charge >= 0.3 is 5.69 Å². The zero-order valence-corrected chi connectivity index (χ0v) is 21.4. The molecule has 12 nitrogen and oxygen atoms in total. The molecular weight excluding hydrogens is 576 g/mol. The topological polar surface area (TPSA) is 155 Å². The van der Waals surface area contributed by atoms with E-state index in [1.807, 2.05) is 0 Å². The van der Waals surface area contributed by atoms with E-state index in [0.29, 0.717) is 20.8 Å². The van der Waals surface area contributed by atoms with Crippen LogP contribution in [0.15, 0.2) is 64.2 Å². The Labute approximate surface area is 223 Å². The SMILES string of the molecule is CCOc1cc(/C=N\NC(=O)COc2ccc(Cl)cc2)cc(Br)c1Oc1ccc([N+](=O)[O-])cc1[N+](=O)[O-]. The first-order valence-corrected chi connectivity index (χ1v) is 11.6. The molecule has 0 saturated heterocycles. The normalized spacial score (nSPS) is 10.7. The van der Waals surface area contributed by atoms with Gasteiger partial charge in [0.2, 0.25) is 5.75 Å². The minimum absolute atomic E-state index is 0.108. The number of benzene rings is 3. The third-order valence-electron chi connectivity index (χ3n) is 4.48. The minimum atomic E-state index is -0.781. The smallest absolute Gasteiger partial charge is 0.318 e. The number of nitrogens with one attached hydrogen (secondary N) is 1. The number of halogens is 2. The van der Waals surface area contributed by atoms with Gasteiger partial charge < -0.3 is 14.2 Å². The predicted octanol–water partition coefficient (Wildman–Crippen LogP) is 5.64. The highest BCUT2D eigenvalue weighted by molar-refractivity contribution is 9.10. The van der Waals surface area contributed by atoms with Crippen molar-refractivity contribution < 1.29 is 28.9 Å². The molecule has 0 radical (unpaired) electrons. The maximum Gasteiger partial charge on any atom is 0.318 e. The van der Waals surface area contributed by atoms with Gasteiger partial charge in [0.1, 0.15) is 5.75 Å². The summed E-state index contributed by atoms with van der Waals surface area (Å²) < 4.78 is 17.0. The number of non-ortho nitro benzene ring substituents is 1. The number of nitro groups is 2. The molecule has 0 aliphatic rings. The Balaban J connectivity index is 1.74. The first-order chi connectivity index (χ1) is 17.7. The molecule has 3 aromatic carbocycles. The van der Waals surface area contributed by atoms with E-state index in [9.17, 15) is 25.0 Å². The van der Waals surface area contributed by atoms with E-state index in [4.69, 9.17) is 25.8 Å². The van der Waals surface area contributed by atoms with Crippen LogP contribution in [0.3, 0.4) is 0 Å². The fourth-order valence-electron chi connectivity index (χ4n) is 2.87. The van der Waals surface area contributed by atoms with E-state index >= 15 is 0 Å². The monoisotopic (exact) mass is 592 g/mol. The lowest BCUT2D eigenvalue weighted by molar-refractivity contribution is -0.394. The average Bonchev–Trinajstić information content (AvgIpc) is 2.85. The summed E-state index contributed by atoms with van der Waals surface area (Å²) in [6.07, 6.45) is 1.35. The summed E-state index contributed by atoms with van der Waals surface area (Å²) in [5.41, 5.74) is 1.80. The van der Waals surface area contributed by atoms with Gasteiger partial charge in [-0.15, -0.1) is 0 Å². The van der Waals surface area contributed by atoms with Crippen LogP contribution in [0.2, 0.25) is 5.02 Å². The average molecular weight is 594 g/mol. The summed E-state index contributed by atoms with van der Waals surface area (Å²) in [4.78, 5) is 32.9. The van der Waals surface area contributed by atoms with Gasteiger partial charge in [0, 0.05) is 11.1 Å². The number of hydrogen-bond acceptors (Lipinski definition) is 9. The highest BCUT2D eigenvalue weighted by Gasteiger charge is 2.23. The van der Waals surface area contributed by atoms with E-state index in [-0.39, 0.29) is 30.5 Å². The number of nitrogens with zero attached hydrogens (tertiary/aromatic N) is 3. The van der Waals surface area contributed by atoms with Crippen LogP contribution in [-0.4, -0.2) is 35.2 Å². The van der Waals surface area contributed by atoms with Gasteiger partial charge in [0.15, 0.2) is 18.1 Å². The van der Waals surface area contributed by atoms with Crippen molar-refractivity contribution in [1.82, 2.24) is 5.43 Å². The van der Waals surface area contributed by atoms with E-state index in [0.717, 1.165) is 18.2 Å². The molecule has 0 aliphatic carbocycles. The Morgan fingerprint density at radius 2 is 1.78 bits per heavy atom. The number of ether oxygens (including phenoxy) is 3. The van der Waals surface area contributed by atoms with E-state index < -0.39 is 27.1 Å². The number of hydrazone groups is 1. The number of amides is 1. The second kappa shape index (κ2) is 12.6. The molecule has 0 unspecified atom stereocenters. The summed E-state index contributed by atoms with van der Waals surface area (Å²) >= 11 is 9.15. The van der Waals surface area contributed by atoms with Gasteiger partial charge in [0.05, 0.1) is 33.2 Å². The predicted molar refractivity (Wildman–Crippen MR) is 138 cm³/mol. The molecule has 3 rings (SSSR count). The zero-order valence-electron chi connectivity index (χ0n) is 19.1. The molecule has 1 N–H and O–H groups in total. The van der Waals surface area contributed by atoms with Crippen LogP contribution < -0.4 is 19.6 Å². The lowest BCUT2D eigenvalue weighted by atomic mass is 10.2. The number of carbonyl (C=O) groups excluding carboxylic acids is 1. The molecule has 0 aromatic heterocycles. The molecule has 0 spiro atoms. The van der Waals surface area contributed by atoms with Gasteiger partial charge in [-0.05, 0) is 70.9 Å². The summed E-state index contributed by atoms with van der Waals surface area (Å²) in [7, 11) is 0. The van der Waals surface area contributed by atoms with Crippen molar-refractivity contribution in [3.8, 4) is 23.0 Å². The van der Waals surface area contributed by atoms with Gasteiger partial charge in [-0.3, -0.25) is 25.0 Å². The second-order valence-electron chi connectivity index (χ2n) is 7.07. The number of carbonyl (C=O) groups is 1. The lowest BCUT2D eigenvalue weighted by Gasteiger charge is -2.14. The highest BCUT2D eigenvalue weighted by Crippen LogP contribution is 2.42. The van der Waals surface area contributed by atoms with Crippen LogP contribution >= 0.6 is 27.5 Å². The van der Waals surface area contributed by atoms with E-state index in [1.165, 1.54) is 6.21 Å². The van der Waals surface area contributed by atoms with Crippen molar-refractivity contribution in [1.29, 1.82) is 0 Å². The van der Waals surface area contributed by atoms with Gasteiger partial charge in [0.25, 0.3) is 11.6 Å².